The standard InChI is InChI=1S/C20H26N2OS/c1-20(2,3)17-12-10-16(11-13-17)15-21-22-19(23)9-5-4-7-18-8-6-14-24-18/h6,8,10-15H,4-5,7,9H2,1-3H3,(H,22,23)/b21-15+. The highest BCUT2D eigenvalue weighted by molar-refractivity contribution is 7.09. The number of hydrogen-bond donors (Lipinski definition) is 1. The summed E-state index contributed by atoms with van der Waals surface area (Å²) in [5.41, 5.74) is 5.02. The van der Waals surface area contributed by atoms with E-state index >= 15 is 0 Å². The summed E-state index contributed by atoms with van der Waals surface area (Å²) in [6, 6.07) is 12.5. The van der Waals surface area contributed by atoms with Gasteiger partial charge in [0.2, 0.25) is 5.91 Å². The van der Waals surface area contributed by atoms with Crippen molar-refractivity contribution in [3.05, 3.63) is 57.8 Å². The average molecular weight is 343 g/mol. The smallest absolute Gasteiger partial charge is 0.240 e. The van der Waals surface area contributed by atoms with E-state index in [4.69, 9.17) is 0 Å². The van der Waals surface area contributed by atoms with Crippen molar-refractivity contribution in [2.45, 2.75) is 51.9 Å². The van der Waals surface area contributed by atoms with E-state index in [0.29, 0.717) is 6.42 Å². The SMILES string of the molecule is CC(C)(C)c1ccc(/C=N/NC(=O)CCCCc2cccs2)cc1. The molecular weight excluding hydrogens is 316 g/mol. The summed E-state index contributed by atoms with van der Waals surface area (Å²) in [6.07, 6.45) is 5.18. The fraction of sp³-hybridized carbons (Fsp3) is 0.400. The molecule has 24 heavy (non-hydrogen) atoms. The minimum atomic E-state index is -0.0243. The molecule has 0 radical (unpaired) electrons. The maximum absolute atomic E-state index is 11.8. The van der Waals surface area contributed by atoms with E-state index < -0.39 is 0 Å². The van der Waals surface area contributed by atoms with Crippen molar-refractivity contribution in [3.63, 3.8) is 0 Å². The molecule has 0 atom stereocenters. The Bertz CT molecular complexity index is 652. The number of hydrazone groups is 1. The third kappa shape index (κ3) is 6.28. The number of carbonyl (C=O) groups is 1. The summed E-state index contributed by atoms with van der Waals surface area (Å²) in [5, 5.41) is 6.13. The summed E-state index contributed by atoms with van der Waals surface area (Å²) in [7, 11) is 0. The number of nitrogens with one attached hydrogen (secondary N) is 1. The van der Waals surface area contributed by atoms with Gasteiger partial charge in [-0.25, -0.2) is 5.43 Å². The van der Waals surface area contributed by atoms with Crippen LogP contribution in [0.3, 0.4) is 0 Å². The van der Waals surface area contributed by atoms with Crippen molar-refractivity contribution in [2.75, 3.05) is 0 Å². The molecule has 1 N–H and O–H groups in total. The minimum absolute atomic E-state index is 0.0243. The molecule has 0 fully saturated rings. The zero-order valence-electron chi connectivity index (χ0n) is 14.7. The molecule has 0 aliphatic heterocycles. The van der Waals surface area contributed by atoms with Crippen LogP contribution in [-0.4, -0.2) is 12.1 Å². The van der Waals surface area contributed by atoms with Crippen LogP contribution in [-0.2, 0) is 16.6 Å². The number of hydrogen-bond acceptors (Lipinski definition) is 3. The lowest BCUT2D eigenvalue weighted by molar-refractivity contribution is -0.121. The van der Waals surface area contributed by atoms with Gasteiger partial charge in [0, 0.05) is 11.3 Å². The largest absolute Gasteiger partial charge is 0.273 e. The highest BCUT2D eigenvalue weighted by atomic mass is 32.1. The first-order valence-electron chi connectivity index (χ1n) is 8.40. The lowest BCUT2D eigenvalue weighted by Gasteiger charge is -2.18. The van der Waals surface area contributed by atoms with E-state index in [1.165, 1.54) is 10.4 Å². The van der Waals surface area contributed by atoms with Crippen molar-refractivity contribution in [1.29, 1.82) is 0 Å². The number of thiophene rings is 1. The monoisotopic (exact) mass is 342 g/mol. The Kier molecular flexibility index (Phi) is 6.73. The number of rotatable bonds is 7. The average Bonchev–Trinajstić information content (AvgIpc) is 3.04. The van der Waals surface area contributed by atoms with E-state index in [0.717, 1.165) is 24.8 Å². The van der Waals surface area contributed by atoms with Gasteiger partial charge in [-0.3, -0.25) is 4.79 Å². The first-order chi connectivity index (χ1) is 11.4. The molecule has 0 saturated heterocycles. The number of amides is 1. The van der Waals surface area contributed by atoms with Crippen LogP contribution >= 0.6 is 11.3 Å². The molecule has 4 heteroatoms. The highest BCUT2D eigenvalue weighted by Gasteiger charge is 2.12. The number of carbonyl (C=O) groups excluding carboxylic acids is 1. The summed E-state index contributed by atoms with van der Waals surface area (Å²) in [5.74, 6) is -0.0243. The molecule has 0 aliphatic rings. The highest BCUT2D eigenvalue weighted by Crippen LogP contribution is 2.21. The van der Waals surface area contributed by atoms with Crippen LogP contribution in [0.4, 0.5) is 0 Å². The minimum Gasteiger partial charge on any atom is -0.273 e. The molecule has 3 nitrogen and oxygen atoms in total. The van der Waals surface area contributed by atoms with Crippen molar-refractivity contribution in [3.8, 4) is 0 Å². The van der Waals surface area contributed by atoms with Crippen LogP contribution < -0.4 is 5.43 Å². The van der Waals surface area contributed by atoms with Crippen molar-refractivity contribution in [2.24, 2.45) is 5.10 Å². The number of benzene rings is 1. The quantitative estimate of drug-likeness (QED) is 0.433. The predicted molar refractivity (Wildman–Crippen MR) is 103 cm³/mol. The van der Waals surface area contributed by atoms with Gasteiger partial charge >= 0.3 is 0 Å². The molecule has 0 spiro atoms. The number of nitrogens with zero attached hydrogens (tertiary/aromatic N) is 1. The molecule has 1 heterocycles. The van der Waals surface area contributed by atoms with Gasteiger partial charge in [0.25, 0.3) is 0 Å². The van der Waals surface area contributed by atoms with Crippen LogP contribution in [0.1, 0.15) is 56.0 Å². The van der Waals surface area contributed by atoms with Crippen LogP contribution in [0.2, 0.25) is 0 Å². The Hall–Kier alpha value is -1.94. The molecule has 0 bridgehead atoms. The molecule has 0 aliphatic carbocycles. The first-order valence-corrected chi connectivity index (χ1v) is 9.28. The van der Waals surface area contributed by atoms with E-state index in [1.54, 1.807) is 17.6 Å². The lowest BCUT2D eigenvalue weighted by Crippen LogP contribution is -2.17. The summed E-state index contributed by atoms with van der Waals surface area (Å²) in [6.45, 7) is 6.57. The lowest BCUT2D eigenvalue weighted by atomic mass is 9.87. The van der Waals surface area contributed by atoms with Crippen molar-refractivity contribution < 1.29 is 4.79 Å². The molecule has 1 amide bonds. The maximum atomic E-state index is 11.8. The molecule has 1 aromatic heterocycles. The van der Waals surface area contributed by atoms with E-state index in [-0.39, 0.29) is 11.3 Å². The molecule has 2 aromatic rings. The molecule has 2 rings (SSSR count). The van der Waals surface area contributed by atoms with E-state index in [1.807, 2.05) is 12.1 Å². The Morgan fingerprint density at radius 1 is 1.17 bits per heavy atom. The van der Waals surface area contributed by atoms with Gasteiger partial charge < -0.3 is 0 Å². The first kappa shape index (κ1) is 18.4. The summed E-state index contributed by atoms with van der Waals surface area (Å²) in [4.78, 5) is 13.1. The fourth-order valence-electron chi connectivity index (χ4n) is 2.34. The zero-order chi connectivity index (χ0) is 17.4. The van der Waals surface area contributed by atoms with E-state index in [9.17, 15) is 4.79 Å². The molecule has 128 valence electrons. The fourth-order valence-corrected chi connectivity index (χ4v) is 3.09. The Morgan fingerprint density at radius 3 is 2.54 bits per heavy atom. The Balaban J connectivity index is 1.68. The zero-order valence-corrected chi connectivity index (χ0v) is 15.5. The maximum Gasteiger partial charge on any atom is 0.240 e. The third-order valence-corrected chi connectivity index (χ3v) is 4.77. The van der Waals surface area contributed by atoms with Crippen LogP contribution in [0.15, 0.2) is 46.9 Å². The molecule has 0 saturated carbocycles. The second-order valence-electron chi connectivity index (χ2n) is 6.95. The van der Waals surface area contributed by atoms with Gasteiger partial charge in [-0.1, -0.05) is 51.1 Å². The van der Waals surface area contributed by atoms with Gasteiger partial charge in [0.05, 0.1) is 6.21 Å². The summed E-state index contributed by atoms with van der Waals surface area (Å²) >= 11 is 1.77. The molecule has 1 aromatic carbocycles. The van der Waals surface area contributed by atoms with Crippen LogP contribution in [0.25, 0.3) is 0 Å². The Labute approximate surface area is 148 Å². The van der Waals surface area contributed by atoms with Crippen molar-refractivity contribution in [1.82, 2.24) is 5.43 Å². The third-order valence-electron chi connectivity index (χ3n) is 3.84. The van der Waals surface area contributed by atoms with Gasteiger partial charge in [0.15, 0.2) is 0 Å². The number of unbranched alkanes of at least 4 members (excludes halogenated alkanes) is 1. The van der Waals surface area contributed by atoms with Crippen LogP contribution in [0.5, 0.6) is 0 Å². The predicted octanol–water partition coefficient (Wildman–Crippen LogP) is 4.91. The van der Waals surface area contributed by atoms with Gasteiger partial charge in [-0.2, -0.15) is 5.10 Å². The van der Waals surface area contributed by atoms with Crippen LogP contribution in [0, 0.1) is 0 Å². The second-order valence-corrected chi connectivity index (χ2v) is 7.98. The second kappa shape index (κ2) is 8.78. The molecule has 0 unspecified atom stereocenters. The molecular formula is C20H26N2OS. The van der Waals surface area contributed by atoms with Crippen molar-refractivity contribution >= 4 is 23.5 Å². The van der Waals surface area contributed by atoms with Gasteiger partial charge in [-0.05, 0) is 47.3 Å². The number of aryl methyl sites for hydroxylation is 1. The van der Waals surface area contributed by atoms with E-state index in [2.05, 4.69) is 60.9 Å². The van der Waals surface area contributed by atoms with Gasteiger partial charge in [0.1, 0.15) is 0 Å². The normalized spacial score (nSPS) is 11.8. The Morgan fingerprint density at radius 2 is 1.92 bits per heavy atom. The topological polar surface area (TPSA) is 41.5 Å². The summed E-state index contributed by atoms with van der Waals surface area (Å²) < 4.78 is 0. The van der Waals surface area contributed by atoms with Gasteiger partial charge in [-0.15, -0.1) is 11.3 Å².